The normalized spacial score (nSPS) is 23.0. The Kier molecular flexibility index (Phi) is 7.07. The van der Waals surface area contributed by atoms with Crippen molar-refractivity contribution >= 4 is 22.3 Å². The number of aromatic nitrogens is 2. The molecule has 2 fully saturated rings. The van der Waals surface area contributed by atoms with Crippen LogP contribution < -0.4 is 14.5 Å². The first-order valence-electron chi connectivity index (χ1n) is 14.5. The maximum Gasteiger partial charge on any atom is 0.318 e. The van der Waals surface area contributed by atoms with Gasteiger partial charge in [0.05, 0.1) is 18.3 Å². The smallest absolute Gasteiger partial charge is 0.318 e. The highest BCUT2D eigenvalue weighted by Gasteiger charge is 2.36. The molecule has 6 rings (SSSR count). The Balaban J connectivity index is 1.31. The number of anilines is 2. The maximum absolute atomic E-state index is 9.33. The van der Waals surface area contributed by atoms with E-state index in [9.17, 15) is 5.26 Å². The highest BCUT2D eigenvalue weighted by Crippen LogP contribution is 2.36. The summed E-state index contributed by atoms with van der Waals surface area (Å²) in [6.07, 6.45) is 4.81. The average Bonchev–Trinajstić information content (AvgIpc) is 3.21. The van der Waals surface area contributed by atoms with Crippen molar-refractivity contribution in [1.82, 2.24) is 14.9 Å². The third-order valence-electron chi connectivity index (χ3n) is 8.82. The first-order chi connectivity index (χ1) is 18.9. The first kappa shape index (κ1) is 25.9. The fourth-order valence-electron chi connectivity index (χ4n) is 6.98. The minimum atomic E-state index is 0.299. The van der Waals surface area contributed by atoms with Crippen LogP contribution in [0, 0.1) is 22.7 Å². The summed E-state index contributed by atoms with van der Waals surface area (Å²) in [5.74, 6) is 1.42. The van der Waals surface area contributed by atoms with Gasteiger partial charge in [-0.3, -0.25) is 4.90 Å². The maximum atomic E-state index is 9.33. The number of rotatable bonds is 6. The van der Waals surface area contributed by atoms with Gasteiger partial charge in [0.1, 0.15) is 12.4 Å². The molecular weight excluding hydrogens is 484 g/mol. The summed E-state index contributed by atoms with van der Waals surface area (Å²) in [5, 5.41) is 11.9. The summed E-state index contributed by atoms with van der Waals surface area (Å²) in [7, 11) is 2.19. The van der Waals surface area contributed by atoms with Gasteiger partial charge in [-0.25, -0.2) is 0 Å². The van der Waals surface area contributed by atoms with E-state index < -0.39 is 0 Å². The quantitative estimate of drug-likeness (QED) is 0.426. The number of fused-ring (bicyclic) bond motifs is 2. The number of nitriles is 1. The second-order valence-electron chi connectivity index (χ2n) is 12.5. The van der Waals surface area contributed by atoms with Crippen LogP contribution in [0.2, 0.25) is 0 Å². The molecule has 3 aromatic rings. The molecule has 7 nitrogen and oxygen atoms in total. The number of benzene rings is 2. The van der Waals surface area contributed by atoms with Crippen LogP contribution >= 0.6 is 0 Å². The number of piperidine rings is 1. The van der Waals surface area contributed by atoms with Crippen molar-refractivity contribution in [3.8, 4) is 12.1 Å². The van der Waals surface area contributed by atoms with Gasteiger partial charge in [-0.1, -0.05) is 50.2 Å². The Hall–Kier alpha value is -3.37. The predicted octanol–water partition coefficient (Wildman–Crippen LogP) is 5.43. The van der Waals surface area contributed by atoms with E-state index in [0.29, 0.717) is 36.4 Å². The number of hydrogen-bond acceptors (Lipinski definition) is 7. The summed E-state index contributed by atoms with van der Waals surface area (Å²) in [6, 6.07) is 18.4. The number of likely N-dealkylation sites (tertiary alicyclic amines) is 1. The summed E-state index contributed by atoms with van der Waals surface area (Å²) < 4.78 is 6.38. The number of ether oxygens (including phenoxy) is 1. The average molecular weight is 525 g/mol. The second kappa shape index (κ2) is 10.7. The molecule has 4 heterocycles. The zero-order valence-corrected chi connectivity index (χ0v) is 23.6. The van der Waals surface area contributed by atoms with Crippen molar-refractivity contribution in [2.75, 3.05) is 49.6 Å². The standard InChI is InChI=1S/C32H40N6O/c1-32(2)18-25(36(3)22-32)21-39-31-34-28-20-37(29-12-6-10-24-9-4-5-11-26(24)29)17-14-27(28)30(35-31)38-16-7-8-23(19-38)13-15-33/h4-6,9-12,23,25H,7-8,13-14,16-22H2,1-3H3/t23-,25-/m0/s1. The Bertz CT molecular complexity index is 1380. The fraction of sp³-hybridized carbons (Fsp3) is 0.531. The van der Waals surface area contributed by atoms with E-state index in [-0.39, 0.29) is 0 Å². The summed E-state index contributed by atoms with van der Waals surface area (Å²) in [5.41, 5.74) is 3.86. The molecule has 0 spiro atoms. The molecule has 39 heavy (non-hydrogen) atoms. The van der Waals surface area contributed by atoms with E-state index in [1.807, 2.05) is 0 Å². The Morgan fingerprint density at radius 1 is 1.08 bits per heavy atom. The summed E-state index contributed by atoms with van der Waals surface area (Å²) in [4.78, 5) is 17.3. The molecule has 0 saturated carbocycles. The SMILES string of the molecule is CN1CC(C)(C)C[C@H]1COc1nc2c(c(N3CCC[C@@H](CC#N)C3)n1)CCN(c1cccc3ccccc13)C2. The van der Waals surface area contributed by atoms with Gasteiger partial charge >= 0.3 is 6.01 Å². The van der Waals surface area contributed by atoms with Crippen LogP contribution in [0.15, 0.2) is 42.5 Å². The summed E-state index contributed by atoms with van der Waals surface area (Å²) >= 11 is 0. The molecule has 0 amide bonds. The van der Waals surface area contributed by atoms with Crippen molar-refractivity contribution in [3.63, 3.8) is 0 Å². The van der Waals surface area contributed by atoms with Gasteiger partial charge in [-0.15, -0.1) is 0 Å². The molecule has 204 valence electrons. The molecule has 7 heteroatoms. The number of nitrogens with zero attached hydrogens (tertiary/aromatic N) is 6. The van der Waals surface area contributed by atoms with Crippen LogP contribution in [-0.2, 0) is 13.0 Å². The molecule has 2 aromatic carbocycles. The van der Waals surface area contributed by atoms with Crippen LogP contribution in [0.3, 0.4) is 0 Å². The minimum absolute atomic E-state index is 0.299. The molecule has 0 unspecified atom stereocenters. The minimum Gasteiger partial charge on any atom is -0.462 e. The lowest BCUT2D eigenvalue weighted by Crippen LogP contribution is -2.39. The first-order valence-corrected chi connectivity index (χ1v) is 14.5. The molecule has 3 aliphatic rings. The Morgan fingerprint density at radius 3 is 2.74 bits per heavy atom. The van der Waals surface area contributed by atoms with Crippen LogP contribution in [0.1, 0.15) is 50.8 Å². The Labute approximate surface area is 232 Å². The largest absolute Gasteiger partial charge is 0.462 e. The van der Waals surface area contributed by atoms with Gasteiger partial charge in [0.15, 0.2) is 0 Å². The molecule has 1 aromatic heterocycles. The van der Waals surface area contributed by atoms with Crippen molar-refractivity contribution < 1.29 is 4.74 Å². The third kappa shape index (κ3) is 5.40. The van der Waals surface area contributed by atoms with Gasteiger partial charge < -0.3 is 14.5 Å². The van der Waals surface area contributed by atoms with Crippen molar-refractivity contribution in [2.24, 2.45) is 11.3 Å². The topological polar surface area (TPSA) is 68.5 Å². The van der Waals surface area contributed by atoms with Crippen molar-refractivity contribution in [3.05, 3.63) is 53.7 Å². The molecule has 3 aliphatic heterocycles. The summed E-state index contributed by atoms with van der Waals surface area (Å²) in [6.45, 7) is 9.84. The third-order valence-corrected chi connectivity index (χ3v) is 8.82. The van der Waals surface area contributed by atoms with Crippen LogP contribution in [0.4, 0.5) is 11.5 Å². The highest BCUT2D eigenvalue weighted by molar-refractivity contribution is 5.94. The molecular formula is C32H40N6O. The van der Waals surface area contributed by atoms with Crippen molar-refractivity contribution in [1.29, 1.82) is 5.26 Å². The lowest BCUT2D eigenvalue weighted by molar-refractivity contribution is 0.187. The molecule has 0 N–H and O–H groups in total. The van der Waals surface area contributed by atoms with Gasteiger partial charge in [0.25, 0.3) is 0 Å². The second-order valence-corrected chi connectivity index (χ2v) is 12.5. The molecule has 2 atom stereocenters. The van der Waals surface area contributed by atoms with Crippen LogP contribution in [0.5, 0.6) is 6.01 Å². The number of hydrogen-bond donors (Lipinski definition) is 0. The molecule has 0 aliphatic carbocycles. The van der Waals surface area contributed by atoms with Gasteiger partial charge in [-0.05, 0) is 55.5 Å². The predicted molar refractivity (Wildman–Crippen MR) is 156 cm³/mol. The zero-order chi connectivity index (χ0) is 27.0. The van der Waals surface area contributed by atoms with E-state index in [1.54, 1.807) is 0 Å². The van der Waals surface area contributed by atoms with E-state index in [0.717, 1.165) is 69.9 Å². The monoisotopic (exact) mass is 524 g/mol. The van der Waals surface area contributed by atoms with Crippen LogP contribution in [-0.4, -0.2) is 60.7 Å². The molecule has 0 bridgehead atoms. The highest BCUT2D eigenvalue weighted by atomic mass is 16.5. The van der Waals surface area contributed by atoms with Gasteiger partial charge in [0, 0.05) is 55.3 Å². The number of likely N-dealkylation sites (N-methyl/N-ethyl adjacent to an activating group) is 1. The fourth-order valence-corrected chi connectivity index (χ4v) is 6.98. The lowest BCUT2D eigenvalue weighted by atomic mass is 9.91. The molecule has 0 radical (unpaired) electrons. The van der Waals surface area contributed by atoms with Crippen LogP contribution in [0.25, 0.3) is 10.8 Å². The Morgan fingerprint density at radius 2 is 1.92 bits per heavy atom. The lowest BCUT2D eigenvalue weighted by Gasteiger charge is -2.37. The van der Waals surface area contributed by atoms with Crippen molar-refractivity contribution in [2.45, 2.75) is 58.5 Å². The van der Waals surface area contributed by atoms with E-state index >= 15 is 0 Å². The van der Waals surface area contributed by atoms with E-state index in [4.69, 9.17) is 14.7 Å². The van der Waals surface area contributed by atoms with Gasteiger partial charge in [0.2, 0.25) is 0 Å². The van der Waals surface area contributed by atoms with E-state index in [2.05, 4.69) is 84.1 Å². The van der Waals surface area contributed by atoms with E-state index in [1.165, 1.54) is 22.0 Å². The zero-order valence-electron chi connectivity index (χ0n) is 23.6. The molecule has 2 saturated heterocycles. The van der Waals surface area contributed by atoms with Gasteiger partial charge in [-0.2, -0.15) is 15.2 Å².